The van der Waals surface area contributed by atoms with Crippen LogP contribution in [0.15, 0.2) is 15.2 Å². The van der Waals surface area contributed by atoms with Crippen LogP contribution in [0.3, 0.4) is 0 Å². The predicted molar refractivity (Wildman–Crippen MR) is 67.1 cm³/mol. The number of nitrogens with two attached hydrogens (primary N) is 1. The molecule has 108 valence electrons. The standard InChI is InChI=1S/C11H15N5O4/c1-2-11(5-3-4-6-12,10(20)13-7-17)16(14-8-18)15-9-19/h2-6,12H2,1H3/t11-/m0/s1. The van der Waals surface area contributed by atoms with E-state index in [0.29, 0.717) is 24.5 Å². The molecule has 0 aliphatic carbocycles. The number of unbranched alkanes of at least 4 members (excludes halogenated alkanes) is 1. The van der Waals surface area contributed by atoms with Gasteiger partial charge in [-0.1, -0.05) is 17.1 Å². The molecule has 0 unspecified atom stereocenters. The number of carbonyl (C=O) groups is 1. The number of carbonyl (C=O) groups excluding carboxylic acids is 4. The number of rotatable bonds is 9. The van der Waals surface area contributed by atoms with Crippen molar-refractivity contribution in [3.63, 3.8) is 0 Å². The van der Waals surface area contributed by atoms with Crippen molar-refractivity contribution in [3.05, 3.63) is 0 Å². The second-order valence-corrected chi connectivity index (χ2v) is 3.81. The van der Waals surface area contributed by atoms with E-state index in [1.807, 2.05) is 0 Å². The number of nitrogens with zero attached hydrogens (tertiary/aromatic N) is 4. The van der Waals surface area contributed by atoms with Crippen LogP contribution in [-0.2, 0) is 19.2 Å². The average Bonchev–Trinajstić information content (AvgIpc) is 2.44. The fourth-order valence-electron chi connectivity index (χ4n) is 1.76. The van der Waals surface area contributed by atoms with Crippen molar-refractivity contribution in [2.45, 2.75) is 38.1 Å². The molecule has 20 heavy (non-hydrogen) atoms. The first kappa shape index (κ1) is 17.6. The van der Waals surface area contributed by atoms with Crippen LogP contribution in [0, 0.1) is 0 Å². The summed E-state index contributed by atoms with van der Waals surface area (Å²) in [6.45, 7) is 2.01. The SMILES string of the molecule is CC[C@](CCCCN)(C(=O)N=C=O)N(N=C=O)N=C=O. The molecule has 0 aliphatic heterocycles. The lowest BCUT2D eigenvalue weighted by atomic mass is 9.89. The lowest BCUT2D eigenvalue weighted by molar-refractivity contribution is -0.131. The Balaban J connectivity index is 5.68. The lowest BCUT2D eigenvalue weighted by Crippen LogP contribution is -2.49. The van der Waals surface area contributed by atoms with Gasteiger partial charge < -0.3 is 5.73 Å². The first-order valence-electron chi connectivity index (χ1n) is 5.91. The third-order valence-corrected chi connectivity index (χ3v) is 2.83. The first-order valence-corrected chi connectivity index (χ1v) is 5.91. The Hall–Kier alpha value is -2.43. The molecule has 9 nitrogen and oxygen atoms in total. The second kappa shape index (κ2) is 9.49. The van der Waals surface area contributed by atoms with Gasteiger partial charge in [-0.25, -0.2) is 14.4 Å². The maximum Gasteiger partial charge on any atom is 0.286 e. The van der Waals surface area contributed by atoms with Gasteiger partial charge in [-0.3, -0.25) is 4.79 Å². The van der Waals surface area contributed by atoms with Gasteiger partial charge in [-0.05, 0) is 32.2 Å². The highest BCUT2D eigenvalue weighted by Gasteiger charge is 2.43. The van der Waals surface area contributed by atoms with E-state index in [2.05, 4.69) is 15.2 Å². The van der Waals surface area contributed by atoms with Gasteiger partial charge in [0.15, 0.2) is 5.54 Å². The summed E-state index contributed by atoms with van der Waals surface area (Å²) in [5.74, 6) is -0.898. The smallest absolute Gasteiger partial charge is 0.286 e. The van der Waals surface area contributed by atoms with Crippen LogP contribution in [-0.4, -0.2) is 41.3 Å². The summed E-state index contributed by atoms with van der Waals surface area (Å²) in [7, 11) is 0. The Morgan fingerprint density at radius 3 is 2.15 bits per heavy atom. The summed E-state index contributed by atoms with van der Waals surface area (Å²) in [5, 5.41) is 6.98. The van der Waals surface area contributed by atoms with Gasteiger partial charge in [-0.15, -0.1) is 10.1 Å². The van der Waals surface area contributed by atoms with E-state index in [4.69, 9.17) is 5.73 Å². The van der Waals surface area contributed by atoms with E-state index in [9.17, 15) is 19.2 Å². The molecule has 0 bridgehead atoms. The van der Waals surface area contributed by atoms with Crippen molar-refractivity contribution in [2.24, 2.45) is 20.9 Å². The number of hydrogen-bond acceptors (Lipinski definition) is 8. The minimum absolute atomic E-state index is 0.109. The molecule has 1 amide bonds. The zero-order chi connectivity index (χ0) is 15.4. The van der Waals surface area contributed by atoms with Gasteiger partial charge in [0.25, 0.3) is 18.1 Å². The van der Waals surface area contributed by atoms with Gasteiger partial charge in [0.05, 0.1) is 0 Å². The van der Waals surface area contributed by atoms with Crippen LogP contribution >= 0.6 is 0 Å². The fraction of sp³-hybridized carbons (Fsp3) is 0.636. The average molecular weight is 281 g/mol. The maximum atomic E-state index is 12.0. The van der Waals surface area contributed by atoms with Crippen molar-refractivity contribution in [3.8, 4) is 0 Å². The van der Waals surface area contributed by atoms with E-state index in [-0.39, 0.29) is 12.8 Å². The van der Waals surface area contributed by atoms with Crippen molar-refractivity contribution < 1.29 is 19.2 Å². The van der Waals surface area contributed by atoms with Gasteiger partial charge >= 0.3 is 0 Å². The van der Waals surface area contributed by atoms with Crippen LogP contribution in [0.5, 0.6) is 0 Å². The molecule has 0 aromatic carbocycles. The van der Waals surface area contributed by atoms with Crippen LogP contribution in [0.2, 0.25) is 0 Å². The van der Waals surface area contributed by atoms with Crippen molar-refractivity contribution >= 4 is 24.1 Å². The van der Waals surface area contributed by atoms with Gasteiger partial charge in [0.1, 0.15) is 0 Å². The minimum atomic E-state index is -1.53. The molecule has 9 heteroatoms. The van der Waals surface area contributed by atoms with Crippen molar-refractivity contribution in [1.82, 2.24) is 5.12 Å². The van der Waals surface area contributed by atoms with Gasteiger partial charge in [-0.2, -0.15) is 0 Å². The van der Waals surface area contributed by atoms with E-state index in [1.165, 1.54) is 12.2 Å². The molecular weight excluding hydrogens is 266 g/mol. The summed E-state index contributed by atoms with van der Waals surface area (Å²) in [4.78, 5) is 46.1. The largest absolute Gasteiger partial charge is 0.330 e. The zero-order valence-corrected chi connectivity index (χ0v) is 11.0. The number of hydrazone groups is 2. The Morgan fingerprint density at radius 1 is 1.15 bits per heavy atom. The Morgan fingerprint density at radius 2 is 1.75 bits per heavy atom. The summed E-state index contributed by atoms with van der Waals surface area (Å²) >= 11 is 0. The molecule has 0 radical (unpaired) electrons. The van der Waals surface area contributed by atoms with E-state index in [1.54, 1.807) is 6.92 Å². The molecule has 0 spiro atoms. The molecule has 0 heterocycles. The topological polar surface area (TPSA) is 135 Å². The fourth-order valence-corrected chi connectivity index (χ4v) is 1.76. The third kappa shape index (κ3) is 4.35. The second-order valence-electron chi connectivity index (χ2n) is 3.81. The molecule has 1 atom stereocenters. The number of isocyanates is 3. The molecule has 0 aliphatic rings. The highest BCUT2D eigenvalue weighted by Crippen LogP contribution is 2.28. The molecule has 2 N–H and O–H groups in total. The zero-order valence-electron chi connectivity index (χ0n) is 11.0. The lowest BCUT2D eigenvalue weighted by Gasteiger charge is -2.32. The highest BCUT2D eigenvalue weighted by atomic mass is 16.2. The molecule has 0 fully saturated rings. The summed E-state index contributed by atoms with van der Waals surface area (Å²) in [6, 6.07) is 0. The number of aliphatic imine (C=N–C) groups is 1. The number of amides is 1. The summed E-state index contributed by atoms with van der Waals surface area (Å²) < 4.78 is 0. The Kier molecular flexibility index (Phi) is 8.34. The quantitative estimate of drug-likeness (QED) is 0.272. The molecule has 0 saturated heterocycles. The van der Waals surface area contributed by atoms with Crippen LogP contribution in [0.4, 0.5) is 0 Å². The van der Waals surface area contributed by atoms with E-state index >= 15 is 0 Å². The summed E-state index contributed by atoms with van der Waals surface area (Å²) in [6.07, 6.45) is 4.86. The predicted octanol–water partition coefficient (Wildman–Crippen LogP) is -0.0698. The van der Waals surface area contributed by atoms with E-state index in [0.717, 1.165) is 6.08 Å². The molecule has 0 aromatic heterocycles. The van der Waals surface area contributed by atoms with Gasteiger partial charge in [0, 0.05) is 0 Å². The van der Waals surface area contributed by atoms with Crippen molar-refractivity contribution in [1.29, 1.82) is 0 Å². The molecule has 0 rings (SSSR count). The van der Waals surface area contributed by atoms with Gasteiger partial charge in [0.2, 0.25) is 6.08 Å². The number of hydrogen-bond donors (Lipinski definition) is 1. The van der Waals surface area contributed by atoms with Crippen LogP contribution < -0.4 is 5.73 Å². The van der Waals surface area contributed by atoms with Crippen molar-refractivity contribution in [2.75, 3.05) is 6.54 Å². The van der Waals surface area contributed by atoms with E-state index < -0.39 is 11.4 Å². The summed E-state index contributed by atoms with van der Waals surface area (Å²) in [5.41, 5.74) is 3.85. The Bertz CT molecular complexity index is 457. The van der Waals surface area contributed by atoms with Crippen LogP contribution in [0.25, 0.3) is 0 Å². The normalized spacial score (nSPS) is 12.1. The molecule has 0 saturated carbocycles. The van der Waals surface area contributed by atoms with Crippen LogP contribution in [0.1, 0.15) is 32.6 Å². The third-order valence-electron chi connectivity index (χ3n) is 2.83. The first-order chi connectivity index (χ1) is 9.62. The molecule has 0 aromatic rings. The molecular formula is C11H15N5O4. The monoisotopic (exact) mass is 281 g/mol. The minimum Gasteiger partial charge on any atom is -0.330 e. The highest BCUT2D eigenvalue weighted by molar-refractivity contribution is 5.90. The Labute approximate surface area is 115 Å². The maximum absolute atomic E-state index is 12.0.